The summed E-state index contributed by atoms with van der Waals surface area (Å²) < 4.78 is 0. The summed E-state index contributed by atoms with van der Waals surface area (Å²) in [5.74, 6) is 1.45. The van der Waals surface area contributed by atoms with E-state index in [9.17, 15) is 4.79 Å². The minimum absolute atomic E-state index is 0.0275. The van der Waals surface area contributed by atoms with E-state index in [1.165, 1.54) is 6.42 Å². The molecule has 2 aromatic rings. The smallest absolute Gasteiger partial charge is 0.320 e. The summed E-state index contributed by atoms with van der Waals surface area (Å²) in [6.45, 7) is 6.48. The van der Waals surface area contributed by atoms with Gasteiger partial charge in [0.15, 0.2) is 5.13 Å². The first kappa shape index (κ1) is 18.2. The maximum Gasteiger partial charge on any atom is 0.320 e. The second kappa shape index (κ2) is 7.80. The highest BCUT2D eigenvalue weighted by molar-refractivity contribution is 7.15. The molecule has 2 aliphatic heterocycles. The molecule has 0 radical (unpaired) electrons. The van der Waals surface area contributed by atoms with Crippen LogP contribution in [0.3, 0.4) is 0 Å². The lowest BCUT2D eigenvalue weighted by Gasteiger charge is -2.33. The van der Waals surface area contributed by atoms with Gasteiger partial charge in [-0.2, -0.15) is 0 Å². The van der Waals surface area contributed by atoms with Crippen LogP contribution in [0.2, 0.25) is 0 Å². The van der Waals surface area contributed by atoms with Gasteiger partial charge in [-0.25, -0.2) is 19.7 Å². The van der Waals surface area contributed by atoms with Crippen LogP contribution in [0.1, 0.15) is 54.5 Å². The lowest BCUT2D eigenvalue weighted by Crippen LogP contribution is -2.45. The van der Waals surface area contributed by atoms with E-state index in [1.807, 2.05) is 35.9 Å². The Bertz CT molecular complexity index is 816. The quantitative estimate of drug-likeness (QED) is 0.862. The number of carbonyl (C=O) groups is 1. The van der Waals surface area contributed by atoms with Crippen molar-refractivity contribution in [1.82, 2.24) is 24.8 Å². The van der Waals surface area contributed by atoms with Crippen molar-refractivity contribution in [2.75, 3.05) is 25.0 Å². The third kappa shape index (κ3) is 4.05. The van der Waals surface area contributed by atoms with Gasteiger partial charge in [0.2, 0.25) is 0 Å². The number of piperidine rings is 1. The predicted molar refractivity (Wildman–Crippen MR) is 106 cm³/mol. The highest BCUT2D eigenvalue weighted by atomic mass is 32.1. The van der Waals surface area contributed by atoms with Crippen molar-refractivity contribution >= 4 is 28.3 Å². The zero-order valence-corrected chi connectivity index (χ0v) is 16.8. The van der Waals surface area contributed by atoms with Gasteiger partial charge in [0.1, 0.15) is 11.6 Å². The fourth-order valence-corrected chi connectivity index (χ4v) is 4.59. The van der Waals surface area contributed by atoms with E-state index in [4.69, 9.17) is 0 Å². The number of aromatic nitrogens is 3. The Hall–Kier alpha value is -2.22. The van der Waals surface area contributed by atoms with Crippen molar-refractivity contribution in [3.05, 3.63) is 28.7 Å². The summed E-state index contributed by atoms with van der Waals surface area (Å²) in [4.78, 5) is 31.7. The van der Waals surface area contributed by atoms with Gasteiger partial charge >= 0.3 is 6.03 Å². The van der Waals surface area contributed by atoms with Gasteiger partial charge in [-0.15, -0.1) is 11.3 Å². The van der Waals surface area contributed by atoms with E-state index in [2.05, 4.69) is 20.3 Å². The summed E-state index contributed by atoms with van der Waals surface area (Å²) >= 11 is 1.60. The lowest BCUT2D eigenvalue weighted by atomic mass is 10.1. The Labute approximate surface area is 163 Å². The predicted octanol–water partition coefficient (Wildman–Crippen LogP) is 4.04. The maximum atomic E-state index is 13.0. The van der Waals surface area contributed by atoms with E-state index < -0.39 is 0 Å². The van der Waals surface area contributed by atoms with Gasteiger partial charge in [0, 0.05) is 36.8 Å². The van der Waals surface area contributed by atoms with Crippen molar-refractivity contribution in [3.8, 4) is 0 Å². The number of hydrogen-bond acceptors (Lipinski definition) is 6. The first-order valence-electron chi connectivity index (χ1n) is 9.71. The van der Waals surface area contributed by atoms with Crippen LogP contribution in [0.25, 0.3) is 0 Å². The Kier molecular flexibility index (Phi) is 5.24. The first-order valence-corrected chi connectivity index (χ1v) is 10.5. The standard InChI is InChI=1S/C19H26N6OS/c1-13-12-20-18(27-13)23-17-11-15(21-14(2)22-17)16-7-6-10-25(16)19(26)24-8-4-3-5-9-24/h11-12,16H,3-10H2,1-2H3,(H,20,21,22,23)/t16-/m0/s1. The molecule has 0 saturated carbocycles. The number of rotatable bonds is 3. The number of carbonyl (C=O) groups excluding carboxylic acids is 1. The van der Waals surface area contributed by atoms with Crippen LogP contribution in [-0.2, 0) is 0 Å². The first-order chi connectivity index (χ1) is 13.1. The number of nitrogens with one attached hydrogen (secondary N) is 1. The topological polar surface area (TPSA) is 74.2 Å². The largest absolute Gasteiger partial charge is 0.325 e. The molecule has 0 bridgehead atoms. The summed E-state index contributed by atoms with van der Waals surface area (Å²) in [6.07, 6.45) is 7.26. The zero-order chi connectivity index (χ0) is 18.8. The number of hydrogen-bond donors (Lipinski definition) is 1. The normalized spacial score (nSPS) is 20.1. The van der Waals surface area contributed by atoms with Gasteiger partial charge < -0.3 is 15.1 Å². The van der Waals surface area contributed by atoms with Crippen molar-refractivity contribution in [1.29, 1.82) is 0 Å². The molecule has 7 nitrogen and oxygen atoms in total. The summed E-state index contributed by atoms with van der Waals surface area (Å²) in [6, 6.07) is 2.16. The van der Waals surface area contributed by atoms with E-state index in [0.717, 1.165) is 66.8 Å². The minimum Gasteiger partial charge on any atom is -0.325 e. The summed E-state index contributed by atoms with van der Waals surface area (Å²) in [5, 5.41) is 4.10. The molecule has 2 aromatic heterocycles. The van der Waals surface area contributed by atoms with Gasteiger partial charge in [0.25, 0.3) is 0 Å². The highest BCUT2D eigenvalue weighted by Gasteiger charge is 2.34. The van der Waals surface area contributed by atoms with Gasteiger partial charge in [0.05, 0.1) is 11.7 Å². The molecular formula is C19H26N6OS. The van der Waals surface area contributed by atoms with Crippen molar-refractivity contribution in [2.24, 2.45) is 0 Å². The third-order valence-corrected chi connectivity index (χ3v) is 6.01. The monoisotopic (exact) mass is 386 g/mol. The lowest BCUT2D eigenvalue weighted by molar-refractivity contribution is 0.138. The fraction of sp³-hybridized carbons (Fsp3) is 0.579. The zero-order valence-electron chi connectivity index (χ0n) is 15.9. The molecule has 144 valence electrons. The number of amides is 2. The van der Waals surface area contributed by atoms with E-state index in [-0.39, 0.29) is 12.1 Å². The molecule has 2 amide bonds. The molecule has 2 fully saturated rings. The van der Waals surface area contributed by atoms with Crippen LogP contribution < -0.4 is 5.32 Å². The number of nitrogens with zero attached hydrogens (tertiary/aromatic N) is 5. The van der Waals surface area contributed by atoms with Crippen LogP contribution in [0, 0.1) is 13.8 Å². The third-order valence-electron chi connectivity index (χ3n) is 5.18. The maximum absolute atomic E-state index is 13.0. The fourth-order valence-electron chi connectivity index (χ4n) is 3.92. The average molecular weight is 387 g/mol. The Morgan fingerprint density at radius 1 is 1.15 bits per heavy atom. The van der Waals surface area contributed by atoms with Crippen LogP contribution >= 0.6 is 11.3 Å². The number of likely N-dealkylation sites (tertiary alicyclic amines) is 2. The SMILES string of the molecule is Cc1nc(Nc2ncc(C)s2)cc([C@@H]2CCCN2C(=O)N2CCCCC2)n1. The van der Waals surface area contributed by atoms with Crippen LogP contribution in [0.15, 0.2) is 12.3 Å². The van der Waals surface area contributed by atoms with Crippen LogP contribution in [-0.4, -0.2) is 50.4 Å². The van der Waals surface area contributed by atoms with Gasteiger partial charge in [-0.1, -0.05) is 0 Å². The van der Waals surface area contributed by atoms with Crippen molar-refractivity contribution < 1.29 is 4.79 Å². The van der Waals surface area contributed by atoms with Crippen LogP contribution in [0.4, 0.5) is 15.7 Å². The Morgan fingerprint density at radius 2 is 1.96 bits per heavy atom. The highest BCUT2D eigenvalue weighted by Crippen LogP contribution is 2.33. The van der Waals surface area contributed by atoms with Gasteiger partial charge in [-0.05, 0) is 46.0 Å². The Morgan fingerprint density at radius 3 is 2.70 bits per heavy atom. The number of anilines is 2. The van der Waals surface area contributed by atoms with Gasteiger partial charge in [-0.3, -0.25) is 0 Å². The summed E-state index contributed by atoms with van der Waals surface area (Å²) in [7, 11) is 0. The van der Waals surface area contributed by atoms with E-state index in [0.29, 0.717) is 5.82 Å². The second-order valence-corrected chi connectivity index (χ2v) is 8.54. The molecule has 0 spiro atoms. The molecule has 2 saturated heterocycles. The van der Waals surface area contributed by atoms with Crippen molar-refractivity contribution in [3.63, 3.8) is 0 Å². The Balaban J connectivity index is 1.55. The molecular weight excluding hydrogens is 360 g/mol. The molecule has 1 atom stereocenters. The molecule has 27 heavy (non-hydrogen) atoms. The van der Waals surface area contributed by atoms with Crippen LogP contribution in [0.5, 0.6) is 0 Å². The molecule has 0 aromatic carbocycles. The summed E-state index contributed by atoms with van der Waals surface area (Å²) in [5.41, 5.74) is 0.918. The number of urea groups is 1. The van der Waals surface area contributed by atoms with Crippen molar-refractivity contribution in [2.45, 2.75) is 52.0 Å². The molecule has 0 aliphatic carbocycles. The molecule has 0 unspecified atom stereocenters. The molecule has 2 aliphatic rings. The molecule has 4 rings (SSSR count). The van der Waals surface area contributed by atoms with E-state index in [1.54, 1.807) is 11.3 Å². The molecule has 8 heteroatoms. The number of aryl methyl sites for hydroxylation is 2. The second-order valence-electron chi connectivity index (χ2n) is 7.31. The van der Waals surface area contributed by atoms with E-state index >= 15 is 0 Å². The molecule has 1 N–H and O–H groups in total. The molecule has 4 heterocycles. The average Bonchev–Trinajstić information content (AvgIpc) is 3.30. The number of thiazole rings is 1. The minimum atomic E-state index is 0.0275.